The van der Waals surface area contributed by atoms with Crippen LogP contribution < -0.4 is 5.32 Å². The summed E-state index contributed by atoms with van der Waals surface area (Å²) in [6, 6.07) is 6.26. The fourth-order valence-corrected chi connectivity index (χ4v) is 4.27. The maximum atomic E-state index is 12.6. The number of carboxylic acids is 1. The molecule has 2 rings (SSSR count). The second-order valence-electron chi connectivity index (χ2n) is 5.28. The van der Waals surface area contributed by atoms with E-state index in [1.165, 1.54) is 16.4 Å². The minimum atomic E-state index is -3.67. The molecule has 2 N–H and O–H groups in total. The van der Waals surface area contributed by atoms with Crippen LogP contribution in [0, 0.1) is 0 Å². The van der Waals surface area contributed by atoms with E-state index < -0.39 is 28.4 Å². The van der Waals surface area contributed by atoms with E-state index in [9.17, 15) is 18.0 Å². The Labute approximate surface area is 157 Å². The zero-order valence-corrected chi connectivity index (χ0v) is 15.6. The average molecular weight is 412 g/mol. The number of hydrogen-bond acceptors (Lipinski definition) is 5. The predicted octanol–water partition coefficient (Wildman–Crippen LogP) is 0.269. The van der Waals surface area contributed by atoms with Crippen LogP contribution in [0.2, 0.25) is 5.02 Å². The number of nitrogens with zero attached hydrogens (tertiary/aromatic N) is 2. The third-order valence-electron chi connectivity index (χ3n) is 3.59. The first-order valence-corrected chi connectivity index (χ1v) is 9.08. The maximum absolute atomic E-state index is 12.6. The largest absolute Gasteiger partial charge is 0.480 e. The minimum Gasteiger partial charge on any atom is -0.480 e. The Balaban J connectivity index is 0.00000312. The van der Waals surface area contributed by atoms with Crippen LogP contribution in [-0.2, 0) is 19.6 Å². The molecule has 1 aliphatic rings. The SMILES string of the molecule is Cl.O=C(O)CNC(=O)CN1CCN(S(=O)(=O)c2ccccc2Cl)CC1. The molecule has 0 unspecified atom stereocenters. The van der Waals surface area contributed by atoms with Gasteiger partial charge in [0.25, 0.3) is 0 Å². The van der Waals surface area contributed by atoms with Crippen LogP contribution in [0.1, 0.15) is 0 Å². The van der Waals surface area contributed by atoms with Gasteiger partial charge in [-0.3, -0.25) is 14.5 Å². The lowest BCUT2D eigenvalue weighted by Gasteiger charge is -2.33. The van der Waals surface area contributed by atoms with Crippen molar-refractivity contribution in [2.45, 2.75) is 4.90 Å². The molecule has 0 spiro atoms. The van der Waals surface area contributed by atoms with Gasteiger partial charge in [0.2, 0.25) is 15.9 Å². The number of halogens is 2. The molecule has 0 bridgehead atoms. The molecule has 0 aliphatic carbocycles. The summed E-state index contributed by atoms with van der Waals surface area (Å²) < 4.78 is 26.5. The Morgan fingerprint density at radius 3 is 2.32 bits per heavy atom. The number of hydrogen-bond donors (Lipinski definition) is 2. The Bertz CT molecular complexity index is 721. The molecule has 1 aromatic rings. The second kappa shape index (κ2) is 9.35. The lowest BCUT2D eigenvalue weighted by Crippen LogP contribution is -2.51. The fraction of sp³-hybridized carbons (Fsp3) is 0.429. The number of carbonyl (C=O) groups excluding carboxylic acids is 1. The van der Waals surface area contributed by atoms with Crippen LogP contribution >= 0.6 is 24.0 Å². The summed E-state index contributed by atoms with van der Waals surface area (Å²) >= 11 is 5.97. The maximum Gasteiger partial charge on any atom is 0.322 e. The van der Waals surface area contributed by atoms with Gasteiger partial charge in [-0.25, -0.2) is 8.42 Å². The quantitative estimate of drug-likeness (QED) is 0.695. The molecule has 1 amide bonds. The van der Waals surface area contributed by atoms with E-state index >= 15 is 0 Å². The highest BCUT2D eigenvalue weighted by Crippen LogP contribution is 2.24. The van der Waals surface area contributed by atoms with E-state index in [-0.39, 0.29) is 42.0 Å². The van der Waals surface area contributed by atoms with Gasteiger partial charge in [0.05, 0.1) is 11.6 Å². The Morgan fingerprint density at radius 2 is 1.76 bits per heavy atom. The molecule has 0 atom stereocenters. The molecule has 25 heavy (non-hydrogen) atoms. The van der Waals surface area contributed by atoms with Crippen LogP contribution in [0.25, 0.3) is 0 Å². The zero-order chi connectivity index (χ0) is 17.7. The van der Waals surface area contributed by atoms with E-state index in [0.717, 1.165) is 0 Å². The van der Waals surface area contributed by atoms with Gasteiger partial charge in [-0.05, 0) is 12.1 Å². The van der Waals surface area contributed by atoms with Crippen molar-refractivity contribution in [3.8, 4) is 0 Å². The lowest BCUT2D eigenvalue weighted by molar-refractivity contribution is -0.138. The van der Waals surface area contributed by atoms with Crippen molar-refractivity contribution < 1.29 is 23.1 Å². The molecule has 140 valence electrons. The second-order valence-corrected chi connectivity index (χ2v) is 7.59. The summed E-state index contributed by atoms with van der Waals surface area (Å²) in [7, 11) is -3.67. The normalized spacial score (nSPS) is 16.0. The Morgan fingerprint density at radius 1 is 1.16 bits per heavy atom. The molecule has 1 saturated heterocycles. The van der Waals surface area contributed by atoms with Gasteiger partial charge in [0, 0.05) is 26.2 Å². The summed E-state index contributed by atoms with van der Waals surface area (Å²) in [5, 5.41) is 11.0. The van der Waals surface area contributed by atoms with E-state index in [4.69, 9.17) is 16.7 Å². The van der Waals surface area contributed by atoms with Crippen LogP contribution in [-0.4, -0.2) is 73.9 Å². The number of piperazine rings is 1. The summed E-state index contributed by atoms with van der Waals surface area (Å²) in [6.07, 6.45) is 0. The van der Waals surface area contributed by atoms with Gasteiger partial charge in [-0.15, -0.1) is 12.4 Å². The number of benzene rings is 1. The topological polar surface area (TPSA) is 107 Å². The first-order valence-electron chi connectivity index (χ1n) is 7.26. The monoisotopic (exact) mass is 411 g/mol. The Kier molecular flexibility index (Phi) is 8.10. The molecule has 0 aromatic heterocycles. The molecule has 1 fully saturated rings. The molecule has 8 nitrogen and oxygen atoms in total. The van der Waals surface area contributed by atoms with Gasteiger partial charge in [0.15, 0.2) is 0 Å². The van der Waals surface area contributed by atoms with E-state index in [2.05, 4.69) is 5.32 Å². The van der Waals surface area contributed by atoms with Crippen LogP contribution in [0.4, 0.5) is 0 Å². The van der Waals surface area contributed by atoms with Crippen LogP contribution in [0.5, 0.6) is 0 Å². The summed E-state index contributed by atoms with van der Waals surface area (Å²) in [4.78, 5) is 23.8. The first kappa shape index (κ1) is 21.7. The number of rotatable bonds is 6. The summed E-state index contributed by atoms with van der Waals surface area (Å²) in [6.45, 7) is 0.834. The molecule has 0 saturated carbocycles. The minimum absolute atomic E-state index is 0. The van der Waals surface area contributed by atoms with Gasteiger partial charge in [0.1, 0.15) is 11.4 Å². The fourth-order valence-electron chi connectivity index (χ4n) is 2.35. The van der Waals surface area contributed by atoms with Crippen molar-refractivity contribution in [1.29, 1.82) is 0 Å². The molecular weight excluding hydrogens is 393 g/mol. The van der Waals surface area contributed by atoms with Crippen LogP contribution in [0.15, 0.2) is 29.2 Å². The average Bonchev–Trinajstić information content (AvgIpc) is 2.53. The highest BCUT2D eigenvalue weighted by molar-refractivity contribution is 7.89. The van der Waals surface area contributed by atoms with Crippen molar-refractivity contribution in [3.63, 3.8) is 0 Å². The van der Waals surface area contributed by atoms with E-state index in [1.807, 2.05) is 0 Å². The number of amides is 1. The first-order chi connectivity index (χ1) is 11.3. The molecule has 0 radical (unpaired) electrons. The van der Waals surface area contributed by atoms with Crippen molar-refractivity contribution >= 4 is 45.9 Å². The number of carbonyl (C=O) groups is 2. The highest BCUT2D eigenvalue weighted by Gasteiger charge is 2.30. The zero-order valence-electron chi connectivity index (χ0n) is 13.2. The molecule has 1 aromatic carbocycles. The lowest BCUT2D eigenvalue weighted by atomic mass is 10.3. The predicted molar refractivity (Wildman–Crippen MR) is 94.5 cm³/mol. The number of nitrogens with one attached hydrogen (secondary N) is 1. The molecular formula is C14H19Cl2N3O5S. The van der Waals surface area contributed by atoms with Crippen molar-refractivity contribution in [3.05, 3.63) is 29.3 Å². The number of aliphatic carboxylic acids is 1. The third kappa shape index (κ3) is 5.82. The van der Waals surface area contributed by atoms with Gasteiger partial charge >= 0.3 is 5.97 Å². The molecule has 11 heteroatoms. The third-order valence-corrected chi connectivity index (χ3v) is 5.99. The summed E-state index contributed by atoms with van der Waals surface area (Å²) in [5.74, 6) is -1.51. The van der Waals surface area contributed by atoms with Gasteiger partial charge < -0.3 is 10.4 Å². The Hall–Kier alpha value is -1.39. The van der Waals surface area contributed by atoms with E-state index in [0.29, 0.717) is 13.1 Å². The summed E-state index contributed by atoms with van der Waals surface area (Å²) in [5.41, 5.74) is 0. The van der Waals surface area contributed by atoms with Crippen molar-refractivity contribution in [2.75, 3.05) is 39.3 Å². The number of carboxylic acid groups (broad SMARTS) is 1. The molecule has 1 aliphatic heterocycles. The smallest absolute Gasteiger partial charge is 0.322 e. The van der Waals surface area contributed by atoms with Crippen LogP contribution in [0.3, 0.4) is 0 Å². The standard InChI is InChI=1S/C14H18ClN3O5S.ClH/c15-11-3-1-2-4-12(11)24(22,23)18-7-5-17(6-8-18)10-13(19)16-9-14(20)21;/h1-4H,5-10H2,(H,16,19)(H,20,21);1H. The van der Waals surface area contributed by atoms with Gasteiger partial charge in [-0.2, -0.15) is 4.31 Å². The van der Waals surface area contributed by atoms with Crippen molar-refractivity contribution in [1.82, 2.24) is 14.5 Å². The molecule has 1 heterocycles. The van der Waals surface area contributed by atoms with Crippen molar-refractivity contribution in [2.24, 2.45) is 0 Å². The highest BCUT2D eigenvalue weighted by atomic mass is 35.5. The number of sulfonamides is 1. The van der Waals surface area contributed by atoms with Gasteiger partial charge in [-0.1, -0.05) is 23.7 Å². The van der Waals surface area contributed by atoms with E-state index in [1.54, 1.807) is 17.0 Å².